The van der Waals surface area contributed by atoms with Gasteiger partial charge in [-0.3, -0.25) is 4.79 Å². The van der Waals surface area contributed by atoms with Gasteiger partial charge in [-0.05, 0) is 6.07 Å². The van der Waals surface area contributed by atoms with Gasteiger partial charge < -0.3 is 15.5 Å². The maximum absolute atomic E-state index is 13.8. The van der Waals surface area contributed by atoms with Crippen LogP contribution in [0.4, 0.5) is 22.4 Å². The molecule has 120 valence electrons. The minimum atomic E-state index is -4.80. The molecule has 1 atom stereocenters. The highest BCUT2D eigenvalue weighted by atomic mass is 19.4. The number of rotatable bonds is 3. The van der Waals surface area contributed by atoms with E-state index in [-0.39, 0.29) is 12.1 Å². The summed E-state index contributed by atoms with van der Waals surface area (Å²) in [7, 11) is 1.41. The lowest BCUT2D eigenvalue weighted by atomic mass is 10.1. The Morgan fingerprint density at radius 2 is 2.14 bits per heavy atom. The largest absolute Gasteiger partial charge is 0.419 e. The lowest BCUT2D eigenvalue weighted by Gasteiger charge is -2.18. The van der Waals surface area contributed by atoms with Crippen molar-refractivity contribution in [1.82, 2.24) is 15.5 Å². The SMILES string of the molecule is CN1C(=O)NCC1C(=O)NCc1cccc(C(F)(F)F)c1F. The monoisotopic (exact) mass is 319 g/mol. The number of alkyl halides is 3. The average molecular weight is 319 g/mol. The molecule has 0 aromatic heterocycles. The van der Waals surface area contributed by atoms with Crippen LogP contribution in [0.5, 0.6) is 0 Å². The Bertz CT molecular complexity index is 603. The third-order valence-electron chi connectivity index (χ3n) is 3.37. The van der Waals surface area contributed by atoms with Crippen LogP contribution in [-0.2, 0) is 17.5 Å². The highest BCUT2D eigenvalue weighted by molar-refractivity contribution is 5.90. The molecule has 2 N–H and O–H groups in total. The van der Waals surface area contributed by atoms with Crippen LogP contribution in [0.3, 0.4) is 0 Å². The van der Waals surface area contributed by atoms with Crippen LogP contribution in [0.2, 0.25) is 0 Å². The number of nitrogens with zero attached hydrogens (tertiary/aromatic N) is 1. The molecule has 0 radical (unpaired) electrons. The van der Waals surface area contributed by atoms with E-state index in [1.54, 1.807) is 0 Å². The first-order valence-electron chi connectivity index (χ1n) is 6.34. The first-order valence-corrected chi connectivity index (χ1v) is 6.34. The second-order valence-corrected chi connectivity index (χ2v) is 4.81. The van der Waals surface area contributed by atoms with E-state index in [0.717, 1.165) is 17.0 Å². The zero-order chi connectivity index (χ0) is 16.5. The molecule has 22 heavy (non-hydrogen) atoms. The molecular weight excluding hydrogens is 306 g/mol. The standard InChI is InChI=1S/C13H13F4N3O2/c1-20-9(6-19-12(20)22)11(21)18-5-7-3-2-4-8(10(7)14)13(15,16)17/h2-4,9H,5-6H2,1H3,(H,18,21)(H,19,22). The molecule has 1 unspecified atom stereocenters. The molecule has 0 spiro atoms. The fourth-order valence-corrected chi connectivity index (χ4v) is 2.09. The van der Waals surface area contributed by atoms with Crippen LogP contribution < -0.4 is 10.6 Å². The minimum Gasteiger partial charge on any atom is -0.350 e. The molecule has 1 fully saturated rings. The highest BCUT2D eigenvalue weighted by Crippen LogP contribution is 2.32. The fourth-order valence-electron chi connectivity index (χ4n) is 2.09. The van der Waals surface area contributed by atoms with Gasteiger partial charge >= 0.3 is 12.2 Å². The summed E-state index contributed by atoms with van der Waals surface area (Å²) in [6, 6.07) is 1.66. The number of nitrogens with one attached hydrogen (secondary N) is 2. The molecule has 3 amide bonds. The van der Waals surface area contributed by atoms with Crippen LogP contribution >= 0.6 is 0 Å². The summed E-state index contributed by atoms with van der Waals surface area (Å²) in [6.45, 7) is -0.306. The van der Waals surface area contributed by atoms with E-state index in [1.807, 2.05) is 0 Å². The van der Waals surface area contributed by atoms with E-state index >= 15 is 0 Å². The van der Waals surface area contributed by atoms with Crippen molar-refractivity contribution >= 4 is 11.9 Å². The quantitative estimate of drug-likeness (QED) is 0.829. The Balaban J connectivity index is 2.06. The smallest absolute Gasteiger partial charge is 0.350 e. The lowest BCUT2D eigenvalue weighted by molar-refractivity contribution is -0.140. The van der Waals surface area contributed by atoms with E-state index < -0.39 is 42.1 Å². The first kappa shape index (κ1) is 16.1. The van der Waals surface area contributed by atoms with Gasteiger partial charge in [0, 0.05) is 25.7 Å². The van der Waals surface area contributed by atoms with Crippen molar-refractivity contribution < 1.29 is 27.2 Å². The number of hydrogen-bond donors (Lipinski definition) is 2. The summed E-state index contributed by atoms with van der Waals surface area (Å²) in [6.07, 6.45) is -4.80. The Labute approximate surface area is 123 Å². The third kappa shape index (κ3) is 3.12. The summed E-state index contributed by atoms with van der Waals surface area (Å²) < 4.78 is 51.6. The molecule has 0 bridgehead atoms. The van der Waals surface area contributed by atoms with Crippen molar-refractivity contribution in [3.63, 3.8) is 0 Å². The number of likely N-dealkylation sites (N-methyl/N-ethyl adjacent to an activating group) is 1. The molecule has 0 saturated carbocycles. The molecule has 1 aliphatic heterocycles. The van der Waals surface area contributed by atoms with Gasteiger partial charge in [0.15, 0.2) is 0 Å². The van der Waals surface area contributed by atoms with Gasteiger partial charge in [-0.2, -0.15) is 13.2 Å². The number of hydrogen-bond acceptors (Lipinski definition) is 2. The summed E-state index contributed by atoms with van der Waals surface area (Å²) in [5, 5.41) is 4.77. The summed E-state index contributed by atoms with van der Waals surface area (Å²) in [5.41, 5.74) is -1.66. The zero-order valence-electron chi connectivity index (χ0n) is 11.5. The van der Waals surface area contributed by atoms with E-state index in [9.17, 15) is 27.2 Å². The molecule has 0 aliphatic carbocycles. The zero-order valence-corrected chi connectivity index (χ0v) is 11.5. The first-order chi connectivity index (χ1) is 10.2. The fraction of sp³-hybridized carbons (Fsp3) is 0.385. The van der Waals surface area contributed by atoms with Crippen molar-refractivity contribution in [2.24, 2.45) is 0 Å². The molecular formula is C13H13F4N3O2. The number of urea groups is 1. The average Bonchev–Trinajstić information content (AvgIpc) is 2.76. The Morgan fingerprint density at radius 3 is 2.68 bits per heavy atom. The van der Waals surface area contributed by atoms with Gasteiger partial charge in [0.2, 0.25) is 5.91 Å². The normalized spacial score (nSPS) is 18.3. The summed E-state index contributed by atoms with van der Waals surface area (Å²) in [5.74, 6) is -1.98. The van der Waals surface area contributed by atoms with E-state index in [0.29, 0.717) is 6.07 Å². The highest BCUT2D eigenvalue weighted by Gasteiger charge is 2.35. The van der Waals surface area contributed by atoms with Crippen LogP contribution in [-0.4, -0.2) is 36.5 Å². The molecule has 2 rings (SSSR count). The minimum absolute atomic E-state index is 0.0895. The molecule has 1 saturated heterocycles. The number of carbonyl (C=O) groups excluding carboxylic acids is 2. The molecule has 9 heteroatoms. The van der Waals surface area contributed by atoms with Crippen LogP contribution in [0.15, 0.2) is 18.2 Å². The van der Waals surface area contributed by atoms with E-state index in [2.05, 4.69) is 10.6 Å². The number of carbonyl (C=O) groups is 2. The lowest BCUT2D eigenvalue weighted by Crippen LogP contribution is -2.43. The van der Waals surface area contributed by atoms with Crippen LogP contribution in [0, 0.1) is 5.82 Å². The van der Waals surface area contributed by atoms with Gasteiger partial charge in [0.1, 0.15) is 11.9 Å². The van der Waals surface area contributed by atoms with E-state index in [1.165, 1.54) is 7.05 Å². The second kappa shape index (κ2) is 5.82. The van der Waals surface area contributed by atoms with Gasteiger partial charge in [-0.25, -0.2) is 9.18 Å². The van der Waals surface area contributed by atoms with Crippen molar-refractivity contribution in [3.05, 3.63) is 35.1 Å². The molecule has 1 aliphatic rings. The van der Waals surface area contributed by atoms with Gasteiger partial charge in [-0.1, -0.05) is 12.1 Å². The van der Waals surface area contributed by atoms with Gasteiger partial charge in [0.25, 0.3) is 0 Å². The van der Waals surface area contributed by atoms with Gasteiger partial charge in [-0.15, -0.1) is 0 Å². The third-order valence-corrected chi connectivity index (χ3v) is 3.37. The maximum Gasteiger partial charge on any atom is 0.419 e. The Kier molecular flexibility index (Phi) is 4.25. The predicted octanol–water partition coefficient (Wildman–Crippen LogP) is 1.48. The molecule has 1 aromatic carbocycles. The number of amides is 3. The Hall–Kier alpha value is -2.32. The summed E-state index contributed by atoms with van der Waals surface area (Å²) >= 11 is 0. The Morgan fingerprint density at radius 1 is 1.45 bits per heavy atom. The molecule has 1 aromatic rings. The topological polar surface area (TPSA) is 61.4 Å². The van der Waals surface area contributed by atoms with Gasteiger partial charge in [0.05, 0.1) is 5.56 Å². The van der Waals surface area contributed by atoms with Crippen LogP contribution in [0.25, 0.3) is 0 Å². The maximum atomic E-state index is 13.8. The molecule has 5 nitrogen and oxygen atoms in total. The van der Waals surface area contributed by atoms with Crippen molar-refractivity contribution in [3.8, 4) is 0 Å². The number of benzene rings is 1. The predicted molar refractivity (Wildman–Crippen MR) is 68.2 cm³/mol. The van der Waals surface area contributed by atoms with E-state index in [4.69, 9.17) is 0 Å². The molecule has 1 heterocycles. The summed E-state index contributed by atoms with van der Waals surface area (Å²) in [4.78, 5) is 24.3. The second-order valence-electron chi connectivity index (χ2n) is 4.81. The van der Waals surface area contributed by atoms with Crippen molar-refractivity contribution in [2.75, 3.05) is 13.6 Å². The van der Waals surface area contributed by atoms with Crippen molar-refractivity contribution in [1.29, 1.82) is 0 Å². The van der Waals surface area contributed by atoms with Crippen molar-refractivity contribution in [2.45, 2.75) is 18.8 Å². The van der Waals surface area contributed by atoms with Crippen LogP contribution in [0.1, 0.15) is 11.1 Å². The number of halogens is 4.